The van der Waals surface area contributed by atoms with Gasteiger partial charge in [0.25, 0.3) is 0 Å². The Hall–Kier alpha value is -0.760. The van der Waals surface area contributed by atoms with Crippen LogP contribution in [0.15, 0.2) is 17.3 Å². The van der Waals surface area contributed by atoms with Crippen LogP contribution in [0.5, 0.6) is 0 Å². The van der Waals surface area contributed by atoms with Crippen LogP contribution in [0.25, 0.3) is 0 Å². The van der Waals surface area contributed by atoms with E-state index < -0.39 is 10.0 Å². The van der Waals surface area contributed by atoms with Crippen molar-refractivity contribution in [1.82, 2.24) is 19.2 Å². The number of rotatable bonds is 5. The van der Waals surface area contributed by atoms with Crippen molar-refractivity contribution in [2.45, 2.75) is 25.2 Å². The Bertz CT molecular complexity index is 554. The second kappa shape index (κ2) is 7.00. The largest absolute Gasteiger partial charge is 0.301 e. The topological polar surface area (TPSA) is 66.4 Å². The molecular weight excluding hydrogens is 312 g/mol. The molecule has 2 heterocycles. The second-order valence-corrected chi connectivity index (χ2v) is 7.89. The van der Waals surface area contributed by atoms with Crippen molar-refractivity contribution in [3.05, 3.63) is 17.7 Å². The normalized spacial score (nSPS) is 18.3. The molecular formula is C13H21ClN4O2S. The number of halogens is 1. The van der Waals surface area contributed by atoms with Gasteiger partial charge in [0, 0.05) is 26.2 Å². The third kappa shape index (κ3) is 4.35. The molecule has 1 aromatic heterocycles. The summed E-state index contributed by atoms with van der Waals surface area (Å²) in [5.41, 5.74) is 0. The zero-order chi connectivity index (χ0) is 15.5. The highest BCUT2D eigenvalue weighted by atomic mass is 35.5. The monoisotopic (exact) mass is 332 g/mol. The highest BCUT2D eigenvalue weighted by Crippen LogP contribution is 2.17. The van der Waals surface area contributed by atoms with Gasteiger partial charge >= 0.3 is 0 Å². The summed E-state index contributed by atoms with van der Waals surface area (Å²) in [6, 6.07) is 0. The van der Waals surface area contributed by atoms with Crippen LogP contribution in [0.4, 0.5) is 0 Å². The van der Waals surface area contributed by atoms with Gasteiger partial charge in [0.05, 0.1) is 12.4 Å². The lowest BCUT2D eigenvalue weighted by Gasteiger charge is -2.34. The first kappa shape index (κ1) is 16.6. The molecule has 0 aliphatic carbocycles. The lowest BCUT2D eigenvalue weighted by Crippen LogP contribution is -2.48. The third-order valence-electron chi connectivity index (χ3n) is 3.59. The second-order valence-electron chi connectivity index (χ2n) is 5.62. The van der Waals surface area contributed by atoms with Crippen LogP contribution in [0.3, 0.4) is 0 Å². The lowest BCUT2D eigenvalue weighted by molar-refractivity contribution is 0.180. The van der Waals surface area contributed by atoms with E-state index in [1.54, 1.807) is 0 Å². The molecule has 8 heteroatoms. The fourth-order valence-electron chi connectivity index (χ4n) is 2.22. The van der Waals surface area contributed by atoms with Crippen LogP contribution in [0.2, 0.25) is 5.28 Å². The molecule has 1 aliphatic rings. The van der Waals surface area contributed by atoms with E-state index in [4.69, 9.17) is 11.6 Å². The van der Waals surface area contributed by atoms with Gasteiger partial charge in [-0.25, -0.2) is 18.4 Å². The number of nitrogens with zero attached hydrogens (tertiary/aromatic N) is 4. The van der Waals surface area contributed by atoms with Gasteiger partial charge in [-0.1, -0.05) is 13.8 Å². The third-order valence-corrected chi connectivity index (χ3v) is 5.64. The van der Waals surface area contributed by atoms with Gasteiger partial charge < -0.3 is 4.90 Å². The summed E-state index contributed by atoms with van der Waals surface area (Å²) in [5, 5.41) is 0.0486. The first-order valence-electron chi connectivity index (χ1n) is 7.09. The molecule has 0 saturated carbocycles. The molecule has 0 N–H and O–H groups in total. The molecule has 118 valence electrons. The fraction of sp³-hybridized carbons (Fsp3) is 0.692. The summed E-state index contributed by atoms with van der Waals surface area (Å²) in [4.78, 5) is 9.89. The molecule has 0 bridgehead atoms. The Labute approximate surface area is 131 Å². The van der Waals surface area contributed by atoms with Crippen LogP contribution in [-0.2, 0) is 10.0 Å². The Kier molecular flexibility index (Phi) is 5.54. The molecule has 0 radical (unpaired) electrons. The molecule has 1 fully saturated rings. The zero-order valence-corrected chi connectivity index (χ0v) is 13.9. The summed E-state index contributed by atoms with van der Waals surface area (Å²) < 4.78 is 26.4. The van der Waals surface area contributed by atoms with Crippen molar-refractivity contribution in [1.29, 1.82) is 0 Å². The average Bonchev–Trinajstić information content (AvgIpc) is 2.46. The molecule has 0 atom stereocenters. The van der Waals surface area contributed by atoms with Gasteiger partial charge in [-0.05, 0) is 30.5 Å². The molecule has 1 aliphatic heterocycles. The summed E-state index contributed by atoms with van der Waals surface area (Å²) in [6.07, 6.45) is 3.66. The van der Waals surface area contributed by atoms with E-state index >= 15 is 0 Å². The maximum Gasteiger partial charge on any atom is 0.246 e. The molecule has 6 nitrogen and oxygen atoms in total. The van der Waals surface area contributed by atoms with Crippen molar-refractivity contribution in [2.24, 2.45) is 5.92 Å². The fourth-order valence-corrected chi connectivity index (χ4v) is 3.63. The van der Waals surface area contributed by atoms with Gasteiger partial charge in [-0.3, -0.25) is 0 Å². The Balaban J connectivity index is 1.96. The summed E-state index contributed by atoms with van der Waals surface area (Å²) in [7, 11) is -3.51. The van der Waals surface area contributed by atoms with Crippen molar-refractivity contribution in [2.75, 3.05) is 32.7 Å². The first-order valence-corrected chi connectivity index (χ1v) is 8.91. The van der Waals surface area contributed by atoms with E-state index in [0.717, 1.165) is 26.1 Å². The summed E-state index contributed by atoms with van der Waals surface area (Å²) >= 11 is 5.59. The van der Waals surface area contributed by atoms with Crippen LogP contribution in [0, 0.1) is 5.92 Å². The predicted molar refractivity (Wildman–Crippen MR) is 81.7 cm³/mol. The molecule has 0 spiro atoms. The molecule has 21 heavy (non-hydrogen) atoms. The quantitative estimate of drug-likeness (QED) is 0.764. The SMILES string of the molecule is CC(C)CCN1CCN(S(=O)(=O)c2cnc(Cl)nc2)CC1. The van der Waals surface area contributed by atoms with Crippen LogP contribution in [0.1, 0.15) is 20.3 Å². The van der Waals surface area contributed by atoms with Gasteiger partial charge in [0.2, 0.25) is 15.3 Å². The number of aromatic nitrogens is 2. The minimum atomic E-state index is -3.51. The highest BCUT2D eigenvalue weighted by molar-refractivity contribution is 7.89. The predicted octanol–water partition coefficient (Wildman–Crippen LogP) is 1.48. The maximum atomic E-state index is 12.5. The first-order chi connectivity index (χ1) is 9.89. The van der Waals surface area contributed by atoms with Crippen LogP contribution >= 0.6 is 11.6 Å². The number of piperazine rings is 1. The molecule has 1 saturated heterocycles. The van der Waals surface area contributed by atoms with E-state index in [1.807, 2.05) is 0 Å². The molecule has 0 aromatic carbocycles. The highest BCUT2D eigenvalue weighted by Gasteiger charge is 2.28. The van der Waals surface area contributed by atoms with Gasteiger partial charge in [-0.15, -0.1) is 0 Å². The van der Waals surface area contributed by atoms with Gasteiger partial charge in [-0.2, -0.15) is 4.31 Å². The van der Waals surface area contributed by atoms with E-state index in [1.165, 1.54) is 16.7 Å². The van der Waals surface area contributed by atoms with E-state index in [9.17, 15) is 8.42 Å². The minimum Gasteiger partial charge on any atom is -0.301 e. The van der Waals surface area contributed by atoms with E-state index in [-0.39, 0.29) is 10.2 Å². The molecule has 0 unspecified atom stereocenters. The minimum absolute atomic E-state index is 0.0486. The summed E-state index contributed by atoms with van der Waals surface area (Å²) in [5.74, 6) is 0.665. The lowest BCUT2D eigenvalue weighted by atomic mass is 10.1. The number of sulfonamides is 1. The maximum absolute atomic E-state index is 12.5. The van der Waals surface area contributed by atoms with Crippen LogP contribution in [-0.4, -0.2) is 60.3 Å². The van der Waals surface area contributed by atoms with Crippen molar-refractivity contribution >= 4 is 21.6 Å². The number of hydrogen-bond acceptors (Lipinski definition) is 5. The zero-order valence-electron chi connectivity index (χ0n) is 12.4. The summed E-state index contributed by atoms with van der Waals surface area (Å²) in [6.45, 7) is 7.95. The van der Waals surface area contributed by atoms with Crippen molar-refractivity contribution in [3.8, 4) is 0 Å². The Morgan fingerprint density at radius 1 is 1.19 bits per heavy atom. The average molecular weight is 333 g/mol. The van der Waals surface area contributed by atoms with Crippen molar-refractivity contribution in [3.63, 3.8) is 0 Å². The van der Waals surface area contributed by atoms with E-state index in [2.05, 4.69) is 28.7 Å². The molecule has 1 aromatic rings. The Morgan fingerprint density at radius 2 is 1.76 bits per heavy atom. The van der Waals surface area contributed by atoms with Gasteiger partial charge in [0.15, 0.2) is 0 Å². The Morgan fingerprint density at radius 3 is 2.29 bits per heavy atom. The van der Waals surface area contributed by atoms with E-state index in [0.29, 0.717) is 19.0 Å². The molecule has 0 amide bonds. The van der Waals surface area contributed by atoms with Gasteiger partial charge in [0.1, 0.15) is 4.90 Å². The van der Waals surface area contributed by atoms with Crippen molar-refractivity contribution < 1.29 is 8.42 Å². The van der Waals surface area contributed by atoms with Crippen LogP contribution < -0.4 is 0 Å². The smallest absolute Gasteiger partial charge is 0.246 e. The number of hydrogen-bond donors (Lipinski definition) is 0. The molecule has 2 rings (SSSR count). The standard InChI is InChI=1S/C13H21ClN4O2S/c1-11(2)3-4-17-5-7-18(8-6-17)21(19,20)12-9-15-13(14)16-10-12/h9-11H,3-8H2,1-2H3.